The van der Waals surface area contributed by atoms with Crippen LogP contribution in [0.4, 0.5) is 0 Å². The summed E-state index contributed by atoms with van der Waals surface area (Å²) in [6, 6.07) is 11.9. The van der Waals surface area contributed by atoms with Gasteiger partial charge in [-0.15, -0.1) is 0 Å². The Balaban J connectivity index is 1.88. The van der Waals surface area contributed by atoms with Crippen molar-refractivity contribution in [3.63, 3.8) is 0 Å². The predicted octanol–water partition coefficient (Wildman–Crippen LogP) is 2.03. The van der Waals surface area contributed by atoms with Gasteiger partial charge in [-0.25, -0.2) is 12.7 Å². The third kappa shape index (κ3) is 5.22. The van der Waals surface area contributed by atoms with Crippen LogP contribution < -0.4 is 10.1 Å². The molecule has 2 aromatic carbocycles. The van der Waals surface area contributed by atoms with E-state index in [1.165, 1.54) is 30.2 Å². The molecule has 1 N–H and O–H groups in total. The van der Waals surface area contributed by atoms with Crippen LogP contribution in [0, 0.1) is 5.92 Å². The highest BCUT2D eigenvalue weighted by molar-refractivity contribution is 7.90. The average molecular weight is 488 g/mol. The molecule has 2 aromatic rings. The molecule has 34 heavy (non-hydrogen) atoms. The number of carbonyl (C=O) groups is 3. The van der Waals surface area contributed by atoms with Crippen molar-refractivity contribution in [1.82, 2.24) is 14.5 Å². The number of nitrogens with one attached hydrogen (secondary N) is 1. The van der Waals surface area contributed by atoms with Crippen LogP contribution in [0.25, 0.3) is 0 Å². The van der Waals surface area contributed by atoms with Crippen molar-refractivity contribution in [2.75, 3.05) is 20.2 Å². The molecule has 0 bridgehead atoms. The maximum Gasteiger partial charge on any atom is 0.269 e. The van der Waals surface area contributed by atoms with Crippen molar-refractivity contribution in [2.24, 2.45) is 5.92 Å². The zero-order chi connectivity index (χ0) is 25.0. The molecule has 1 atom stereocenters. The molecule has 182 valence electrons. The smallest absolute Gasteiger partial charge is 0.269 e. The summed E-state index contributed by atoms with van der Waals surface area (Å²) < 4.78 is 31.6. The summed E-state index contributed by atoms with van der Waals surface area (Å²) in [5.74, 6) is -1.01. The molecule has 1 aliphatic heterocycles. The Hall–Kier alpha value is -3.40. The number of hydrogen-bond donors (Lipinski definition) is 1. The summed E-state index contributed by atoms with van der Waals surface area (Å²) in [6.07, 6.45) is 0. The Morgan fingerprint density at radius 3 is 2.44 bits per heavy atom. The maximum atomic E-state index is 13.4. The monoisotopic (exact) mass is 487 g/mol. The van der Waals surface area contributed by atoms with E-state index >= 15 is 0 Å². The fourth-order valence-corrected chi connectivity index (χ4v) is 5.12. The minimum Gasteiger partial charge on any atom is -0.497 e. The van der Waals surface area contributed by atoms with Gasteiger partial charge in [-0.1, -0.05) is 38.1 Å². The number of benzene rings is 2. The van der Waals surface area contributed by atoms with Crippen LogP contribution in [0.5, 0.6) is 5.75 Å². The summed E-state index contributed by atoms with van der Waals surface area (Å²) in [5.41, 5.74) is 0.715. The second-order valence-electron chi connectivity index (χ2n) is 8.50. The van der Waals surface area contributed by atoms with E-state index in [0.717, 1.165) is 0 Å². The van der Waals surface area contributed by atoms with E-state index < -0.39 is 34.4 Å². The molecule has 0 radical (unpaired) electrons. The summed E-state index contributed by atoms with van der Waals surface area (Å²) in [7, 11) is -2.64. The van der Waals surface area contributed by atoms with Crippen LogP contribution in [0.2, 0.25) is 0 Å². The van der Waals surface area contributed by atoms with E-state index in [9.17, 15) is 22.8 Å². The molecule has 1 aliphatic rings. The minimum atomic E-state index is -4.16. The normalized spacial score (nSPS) is 15.1. The Labute approximate surface area is 199 Å². The highest BCUT2D eigenvalue weighted by atomic mass is 32.2. The molecular weight excluding hydrogens is 458 g/mol. The zero-order valence-electron chi connectivity index (χ0n) is 19.6. The molecule has 0 saturated heterocycles. The Morgan fingerprint density at radius 1 is 1.09 bits per heavy atom. The Morgan fingerprint density at radius 2 is 1.79 bits per heavy atom. The van der Waals surface area contributed by atoms with Gasteiger partial charge in [-0.2, -0.15) is 0 Å². The van der Waals surface area contributed by atoms with Gasteiger partial charge in [0, 0.05) is 13.1 Å². The standard InChI is InChI=1S/C24H29N3O6S/c1-16(2)13-25-23(29)17(3)26(14-18-8-7-9-19(12-18)33-4)22(28)15-27-24(30)20-10-5-6-11-21(20)34(27,31)32/h5-12,16-17H,13-15H2,1-4H3,(H,25,29)/t17-/m0/s1. The number of carbonyl (C=O) groups excluding carboxylic acids is 3. The highest BCUT2D eigenvalue weighted by Crippen LogP contribution is 2.30. The van der Waals surface area contributed by atoms with Gasteiger partial charge in [0.25, 0.3) is 15.9 Å². The van der Waals surface area contributed by atoms with Crippen LogP contribution in [0.3, 0.4) is 0 Å². The molecular formula is C24H29N3O6S. The van der Waals surface area contributed by atoms with Gasteiger partial charge in [0.15, 0.2) is 0 Å². The number of amides is 3. The van der Waals surface area contributed by atoms with Gasteiger partial charge in [-0.05, 0) is 42.7 Å². The maximum absolute atomic E-state index is 13.4. The fourth-order valence-electron chi connectivity index (χ4n) is 3.60. The second-order valence-corrected chi connectivity index (χ2v) is 10.3. The quantitative estimate of drug-likeness (QED) is 0.579. The number of methoxy groups -OCH3 is 1. The molecule has 0 saturated carbocycles. The van der Waals surface area contributed by atoms with Gasteiger partial charge in [-0.3, -0.25) is 14.4 Å². The number of fused-ring (bicyclic) bond motifs is 1. The first-order valence-electron chi connectivity index (χ1n) is 10.9. The lowest BCUT2D eigenvalue weighted by Gasteiger charge is -2.30. The van der Waals surface area contributed by atoms with E-state index in [1.54, 1.807) is 37.3 Å². The van der Waals surface area contributed by atoms with Gasteiger partial charge >= 0.3 is 0 Å². The lowest BCUT2D eigenvalue weighted by Crippen LogP contribution is -2.51. The van der Waals surface area contributed by atoms with Crippen LogP contribution in [0.15, 0.2) is 53.4 Å². The molecule has 0 aliphatic carbocycles. The van der Waals surface area contributed by atoms with Gasteiger partial charge in [0.1, 0.15) is 23.2 Å². The Bertz CT molecular complexity index is 1190. The first-order valence-corrected chi connectivity index (χ1v) is 12.4. The molecule has 1 heterocycles. The van der Waals surface area contributed by atoms with Gasteiger partial charge < -0.3 is 15.0 Å². The topological polar surface area (TPSA) is 113 Å². The molecule has 0 fully saturated rings. The lowest BCUT2D eigenvalue weighted by molar-refractivity contribution is -0.140. The van der Waals surface area contributed by atoms with E-state index in [1.807, 2.05) is 13.8 Å². The molecule has 0 aromatic heterocycles. The highest BCUT2D eigenvalue weighted by Gasteiger charge is 2.43. The van der Waals surface area contributed by atoms with Crippen molar-refractivity contribution >= 4 is 27.7 Å². The Kier molecular flexibility index (Phi) is 7.61. The molecule has 0 spiro atoms. The largest absolute Gasteiger partial charge is 0.497 e. The summed E-state index contributed by atoms with van der Waals surface area (Å²) in [5, 5.41) is 2.80. The number of ether oxygens (including phenoxy) is 1. The summed E-state index contributed by atoms with van der Waals surface area (Å²) in [4.78, 5) is 40.1. The predicted molar refractivity (Wildman–Crippen MR) is 126 cm³/mol. The SMILES string of the molecule is COc1cccc(CN(C(=O)CN2C(=O)c3ccccc3S2(=O)=O)[C@@H](C)C(=O)NCC(C)C)c1. The van der Waals surface area contributed by atoms with Gasteiger partial charge in [0.05, 0.1) is 12.7 Å². The van der Waals surface area contributed by atoms with E-state index in [-0.39, 0.29) is 28.8 Å². The van der Waals surface area contributed by atoms with Crippen LogP contribution in [0.1, 0.15) is 36.7 Å². The third-order valence-electron chi connectivity index (χ3n) is 5.53. The van der Waals surface area contributed by atoms with Crippen molar-refractivity contribution in [2.45, 2.75) is 38.3 Å². The number of rotatable bonds is 9. The second kappa shape index (κ2) is 10.3. The van der Waals surface area contributed by atoms with Gasteiger partial charge in [0.2, 0.25) is 11.8 Å². The van der Waals surface area contributed by atoms with Crippen LogP contribution >= 0.6 is 0 Å². The van der Waals surface area contributed by atoms with Crippen LogP contribution in [-0.4, -0.2) is 61.6 Å². The first-order chi connectivity index (χ1) is 16.1. The van der Waals surface area contributed by atoms with Crippen LogP contribution in [-0.2, 0) is 26.2 Å². The zero-order valence-corrected chi connectivity index (χ0v) is 20.5. The average Bonchev–Trinajstić information content (AvgIpc) is 3.01. The lowest BCUT2D eigenvalue weighted by atomic mass is 10.1. The van der Waals surface area contributed by atoms with E-state index in [0.29, 0.717) is 22.2 Å². The molecule has 3 rings (SSSR count). The fraction of sp³-hybridized carbons (Fsp3) is 0.375. The van der Waals surface area contributed by atoms with Crippen molar-refractivity contribution < 1.29 is 27.5 Å². The number of hydrogen-bond acceptors (Lipinski definition) is 6. The molecule has 9 nitrogen and oxygen atoms in total. The van der Waals surface area contributed by atoms with E-state index in [2.05, 4.69) is 5.32 Å². The number of sulfonamides is 1. The van der Waals surface area contributed by atoms with Crippen molar-refractivity contribution in [1.29, 1.82) is 0 Å². The van der Waals surface area contributed by atoms with E-state index in [4.69, 9.17) is 4.74 Å². The number of nitrogens with zero attached hydrogens (tertiary/aromatic N) is 2. The third-order valence-corrected chi connectivity index (χ3v) is 7.32. The molecule has 3 amide bonds. The van der Waals surface area contributed by atoms with Crippen molar-refractivity contribution in [3.05, 3.63) is 59.7 Å². The molecule has 10 heteroatoms. The minimum absolute atomic E-state index is 0.0253. The first kappa shape index (κ1) is 25.2. The molecule has 0 unspecified atom stereocenters. The summed E-state index contributed by atoms with van der Waals surface area (Å²) >= 11 is 0. The van der Waals surface area contributed by atoms with Crippen molar-refractivity contribution in [3.8, 4) is 5.75 Å². The summed E-state index contributed by atoms with van der Waals surface area (Å²) in [6.45, 7) is 5.22.